The van der Waals surface area contributed by atoms with E-state index < -0.39 is 0 Å². The zero-order chi connectivity index (χ0) is 18.1. The first-order valence-electron chi connectivity index (χ1n) is 9.21. The second-order valence-electron chi connectivity index (χ2n) is 7.29. The lowest BCUT2D eigenvalue weighted by Crippen LogP contribution is -2.04. The van der Waals surface area contributed by atoms with E-state index >= 15 is 0 Å². The van der Waals surface area contributed by atoms with Gasteiger partial charge in [-0.15, -0.1) is 0 Å². The van der Waals surface area contributed by atoms with E-state index in [1.165, 1.54) is 16.7 Å². The highest BCUT2D eigenvalue weighted by molar-refractivity contribution is 5.52. The van der Waals surface area contributed by atoms with Crippen molar-refractivity contribution in [2.24, 2.45) is 0 Å². The molecule has 134 valence electrons. The first-order valence-corrected chi connectivity index (χ1v) is 9.21. The van der Waals surface area contributed by atoms with Gasteiger partial charge >= 0.3 is 0 Å². The van der Waals surface area contributed by atoms with Crippen molar-refractivity contribution in [3.05, 3.63) is 57.9 Å². The minimum atomic E-state index is -0.275. The number of hydrogen-bond acceptors (Lipinski definition) is 2. The van der Waals surface area contributed by atoms with Crippen LogP contribution < -0.4 is 4.74 Å². The fourth-order valence-corrected chi connectivity index (χ4v) is 4.03. The molecule has 25 heavy (non-hydrogen) atoms. The minimum Gasteiger partial charge on any atom is -0.508 e. The highest BCUT2D eigenvalue weighted by Crippen LogP contribution is 2.41. The second kappa shape index (κ2) is 7.07. The summed E-state index contributed by atoms with van der Waals surface area (Å²) in [7, 11) is 0. The molecule has 0 bridgehead atoms. The van der Waals surface area contributed by atoms with Crippen molar-refractivity contribution in [2.75, 3.05) is 6.61 Å². The molecule has 0 saturated heterocycles. The highest BCUT2D eigenvalue weighted by atomic mass is 19.1. The predicted octanol–water partition coefficient (Wildman–Crippen LogP) is 5.69. The average molecular weight is 342 g/mol. The maximum absolute atomic E-state index is 14.9. The Bertz CT molecular complexity index is 780. The summed E-state index contributed by atoms with van der Waals surface area (Å²) in [5, 5.41) is 9.99. The van der Waals surface area contributed by atoms with Crippen molar-refractivity contribution in [1.29, 1.82) is 0 Å². The van der Waals surface area contributed by atoms with Crippen molar-refractivity contribution in [1.82, 2.24) is 0 Å². The summed E-state index contributed by atoms with van der Waals surface area (Å²) >= 11 is 0. The van der Waals surface area contributed by atoms with Crippen molar-refractivity contribution < 1.29 is 14.2 Å². The van der Waals surface area contributed by atoms with Crippen LogP contribution in [0.5, 0.6) is 11.5 Å². The van der Waals surface area contributed by atoms with E-state index in [1.54, 1.807) is 12.1 Å². The Balaban J connectivity index is 2.03. The van der Waals surface area contributed by atoms with Crippen LogP contribution in [0.15, 0.2) is 24.3 Å². The lowest BCUT2D eigenvalue weighted by atomic mass is 9.90. The van der Waals surface area contributed by atoms with E-state index in [0.29, 0.717) is 30.1 Å². The standard InChI is InChI=1S/C22H27FO2/c1-5-25-19-11-8-15(21-14(4)6-9-17(19)21)12-16-7-10-18(24)20(13(2)3)22(16)23/h7-8,10-11,13-14,24H,5-6,9,12H2,1-4H3. The van der Waals surface area contributed by atoms with Crippen LogP contribution in [-0.2, 0) is 12.8 Å². The van der Waals surface area contributed by atoms with Crippen LogP contribution in [0, 0.1) is 5.82 Å². The van der Waals surface area contributed by atoms with E-state index in [-0.39, 0.29) is 17.5 Å². The van der Waals surface area contributed by atoms with Crippen molar-refractivity contribution in [3.63, 3.8) is 0 Å². The molecule has 2 aromatic rings. The maximum Gasteiger partial charge on any atom is 0.133 e. The molecule has 2 aromatic carbocycles. The van der Waals surface area contributed by atoms with Crippen LogP contribution in [0.1, 0.15) is 73.8 Å². The Labute approximate surface area is 149 Å². The SMILES string of the molecule is CCOc1ccc(Cc2ccc(O)c(C(C)C)c2F)c2c1CCC2C. The van der Waals surface area contributed by atoms with E-state index in [0.717, 1.165) is 18.6 Å². The largest absolute Gasteiger partial charge is 0.508 e. The molecule has 3 rings (SSSR count). The highest BCUT2D eigenvalue weighted by Gasteiger charge is 2.26. The van der Waals surface area contributed by atoms with Gasteiger partial charge in [-0.25, -0.2) is 4.39 Å². The molecule has 2 nitrogen and oxygen atoms in total. The molecule has 0 aromatic heterocycles. The molecule has 0 saturated carbocycles. The quantitative estimate of drug-likeness (QED) is 0.756. The van der Waals surface area contributed by atoms with Crippen LogP contribution in [0.4, 0.5) is 4.39 Å². The Morgan fingerprint density at radius 1 is 1.20 bits per heavy atom. The van der Waals surface area contributed by atoms with Gasteiger partial charge in [-0.2, -0.15) is 0 Å². The summed E-state index contributed by atoms with van der Waals surface area (Å²) in [6.07, 6.45) is 2.68. The predicted molar refractivity (Wildman–Crippen MR) is 99.3 cm³/mol. The van der Waals surface area contributed by atoms with Gasteiger partial charge in [0.25, 0.3) is 0 Å². The summed E-state index contributed by atoms with van der Waals surface area (Å²) in [5.74, 6) is 1.16. The zero-order valence-electron chi connectivity index (χ0n) is 15.5. The Hall–Kier alpha value is -2.03. The van der Waals surface area contributed by atoms with E-state index in [9.17, 15) is 9.50 Å². The molecule has 1 N–H and O–H groups in total. The number of benzene rings is 2. The Morgan fingerprint density at radius 2 is 1.92 bits per heavy atom. The molecule has 0 radical (unpaired) electrons. The van der Waals surface area contributed by atoms with Gasteiger partial charge in [-0.3, -0.25) is 0 Å². The molecule has 1 unspecified atom stereocenters. The third-order valence-electron chi connectivity index (χ3n) is 5.22. The number of rotatable bonds is 5. The monoisotopic (exact) mass is 342 g/mol. The van der Waals surface area contributed by atoms with Gasteiger partial charge in [0.05, 0.1) is 6.61 Å². The molecule has 0 spiro atoms. The smallest absolute Gasteiger partial charge is 0.133 e. The van der Waals surface area contributed by atoms with Gasteiger partial charge in [-0.05, 0) is 66.0 Å². The molecule has 1 aliphatic carbocycles. The van der Waals surface area contributed by atoms with Crippen LogP contribution in [0.2, 0.25) is 0 Å². The third kappa shape index (κ3) is 3.24. The van der Waals surface area contributed by atoms with Gasteiger partial charge < -0.3 is 9.84 Å². The number of hydrogen-bond donors (Lipinski definition) is 1. The number of ether oxygens (including phenoxy) is 1. The number of aromatic hydroxyl groups is 1. The van der Waals surface area contributed by atoms with E-state index in [2.05, 4.69) is 13.0 Å². The summed E-state index contributed by atoms with van der Waals surface area (Å²) in [6.45, 7) is 8.69. The fraction of sp³-hybridized carbons (Fsp3) is 0.455. The first kappa shape index (κ1) is 17.8. The summed E-state index contributed by atoms with van der Waals surface area (Å²) < 4.78 is 20.7. The topological polar surface area (TPSA) is 29.5 Å². The van der Waals surface area contributed by atoms with E-state index in [4.69, 9.17) is 4.74 Å². The lowest BCUT2D eigenvalue weighted by molar-refractivity contribution is 0.337. The molecule has 0 fully saturated rings. The molecule has 0 aliphatic heterocycles. The normalized spacial score (nSPS) is 16.3. The first-order chi connectivity index (χ1) is 11.9. The number of phenols is 1. The Kier molecular flexibility index (Phi) is 5.03. The maximum atomic E-state index is 14.9. The Morgan fingerprint density at radius 3 is 2.60 bits per heavy atom. The second-order valence-corrected chi connectivity index (χ2v) is 7.29. The van der Waals surface area contributed by atoms with Gasteiger partial charge in [0.1, 0.15) is 17.3 Å². The average Bonchev–Trinajstić information content (AvgIpc) is 2.95. The molecule has 0 amide bonds. The molecular weight excluding hydrogens is 315 g/mol. The minimum absolute atomic E-state index is 0.0431. The summed E-state index contributed by atoms with van der Waals surface area (Å²) in [5.41, 5.74) is 4.84. The molecular formula is C22H27FO2. The van der Waals surface area contributed by atoms with Crippen LogP contribution in [-0.4, -0.2) is 11.7 Å². The van der Waals surface area contributed by atoms with E-state index in [1.807, 2.05) is 26.8 Å². The van der Waals surface area contributed by atoms with Crippen molar-refractivity contribution >= 4 is 0 Å². The van der Waals surface area contributed by atoms with Gasteiger partial charge in [-0.1, -0.05) is 32.9 Å². The fourth-order valence-electron chi connectivity index (χ4n) is 4.03. The van der Waals surface area contributed by atoms with Crippen molar-refractivity contribution in [3.8, 4) is 11.5 Å². The number of fused-ring (bicyclic) bond motifs is 1. The third-order valence-corrected chi connectivity index (χ3v) is 5.22. The summed E-state index contributed by atoms with van der Waals surface area (Å²) in [6, 6.07) is 7.43. The zero-order valence-corrected chi connectivity index (χ0v) is 15.5. The molecule has 1 aliphatic rings. The van der Waals surface area contributed by atoms with Crippen LogP contribution >= 0.6 is 0 Å². The van der Waals surface area contributed by atoms with Crippen molar-refractivity contribution in [2.45, 2.75) is 58.8 Å². The molecule has 0 heterocycles. The number of phenolic OH excluding ortho intramolecular Hbond substituents is 1. The lowest BCUT2D eigenvalue weighted by Gasteiger charge is -2.18. The van der Waals surface area contributed by atoms with Crippen LogP contribution in [0.25, 0.3) is 0 Å². The van der Waals surface area contributed by atoms with Gasteiger partial charge in [0.15, 0.2) is 0 Å². The van der Waals surface area contributed by atoms with Crippen LogP contribution in [0.3, 0.4) is 0 Å². The molecule has 1 atom stereocenters. The summed E-state index contributed by atoms with van der Waals surface area (Å²) in [4.78, 5) is 0. The number of halogens is 1. The molecule has 3 heteroatoms. The van der Waals surface area contributed by atoms with Gasteiger partial charge in [0.2, 0.25) is 0 Å². The van der Waals surface area contributed by atoms with Gasteiger partial charge in [0, 0.05) is 12.0 Å².